The second-order valence-electron chi connectivity index (χ2n) is 4.83. The van der Waals surface area contributed by atoms with Gasteiger partial charge in [-0.1, -0.05) is 0 Å². The molecule has 9 heteroatoms. The zero-order chi connectivity index (χ0) is 16.9. The Morgan fingerprint density at radius 1 is 1.29 bits per heavy atom. The maximum absolute atomic E-state index is 12.1. The van der Waals surface area contributed by atoms with Gasteiger partial charge in [-0.15, -0.1) is 0 Å². The van der Waals surface area contributed by atoms with E-state index >= 15 is 0 Å². The number of imidazole rings is 1. The fourth-order valence-corrected chi connectivity index (χ4v) is 1.95. The van der Waals surface area contributed by atoms with Crippen molar-refractivity contribution in [1.29, 1.82) is 5.26 Å². The van der Waals surface area contributed by atoms with Crippen molar-refractivity contribution < 1.29 is 9.53 Å². The van der Waals surface area contributed by atoms with Gasteiger partial charge in [-0.25, -0.2) is 15.0 Å². The third-order valence-corrected chi connectivity index (χ3v) is 3.19. The second kappa shape index (κ2) is 6.62. The summed E-state index contributed by atoms with van der Waals surface area (Å²) in [5.74, 6) is 0.511. The van der Waals surface area contributed by atoms with Gasteiger partial charge < -0.3 is 9.72 Å². The number of carbonyl (C=O) groups is 1. The smallest absolute Gasteiger partial charge is 0.279 e. The maximum atomic E-state index is 12.1. The van der Waals surface area contributed by atoms with Crippen LogP contribution >= 0.6 is 0 Å². The lowest BCUT2D eigenvalue weighted by molar-refractivity contribution is -0.126. The number of rotatable bonds is 5. The van der Waals surface area contributed by atoms with Crippen molar-refractivity contribution in [1.82, 2.24) is 25.4 Å². The number of benzene rings is 1. The molecule has 24 heavy (non-hydrogen) atoms. The largest absolute Gasteiger partial charge is 0.481 e. The van der Waals surface area contributed by atoms with Crippen molar-refractivity contribution in [3.63, 3.8) is 0 Å². The summed E-state index contributed by atoms with van der Waals surface area (Å²) in [4.78, 5) is 27.0. The molecule has 0 radical (unpaired) electrons. The molecule has 3 aromatic rings. The Hall–Kier alpha value is -3.67. The zero-order valence-electron chi connectivity index (χ0n) is 12.6. The molecule has 9 nitrogen and oxygen atoms in total. The van der Waals surface area contributed by atoms with Gasteiger partial charge in [-0.2, -0.15) is 5.26 Å². The second-order valence-corrected chi connectivity index (χ2v) is 4.83. The molecule has 1 aromatic carbocycles. The molecule has 1 unspecified atom stereocenters. The number of aromatic amines is 1. The number of nitrogens with one attached hydrogen (secondary N) is 3. The highest BCUT2D eigenvalue weighted by Gasteiger charge is 2.15. The topological polar surface area (TPSA) is 129 Å². The minimum Gasteiger partial charge on any atom is -0.481 e. The number of nitriles is 1. The molecule has 0 bridgehead atoms. The summed E-state index contributed by atoms with van der Waals surface area (Å²) >= 11 is 0. The molecular formula is C15H13N7O2. The van der Waals surface area contributed by atoms with Crippen LogP contribution in [0, 0.1) is 11.3 Å². The van der Waals surface area contributed by atoms with Crippen LogP contribution in [-0.4, -0.2) is 31.9 Å². The highest BCUT2D eigenvalue weighted by Crippen LogP contribution is 2.15. The molecule has 0 aliphatic heterocycles. The van der Waals surface area contributed by atoms with Gasteiger partial charge in [0.2, 0.25) is 0 Å². The van der Waals surface area contributed by atoms with Gasteiger partial charge in [-0.05, 0) is 31.2 Å². The number of hydrazine groups is 1. The zero-order valence-corrected chi connectivity index (χ0v) is 12.6. The van der Waals surface area contributed by atoms with Crippen LogP contribution in [0.15, 0.2) is 36.9 Å². The molecular weight excluding hydrogens is 310 g/mol. The quantitative estimate of drug-likeness (QED) is 0.600. The molecule has 1 amide bonds. The van der Waals surface area contributed by atoms with Crippen LogP contribution < -0.4 is 15.6 Å². The van der Waals surface area contributed by atoms with E-state index in [-0.39, 0.29) is 5.91 Å². The van der Waals surface area contributed by atoms with Crippen molar-refractivity contribution in [3.8, 4) is 11.8 Å². The van der Waals surface area contributed by atoms with Crippen LogP contribution in [-0.2, 0) is 4.79 Å². The number of hydrogen-bond acceptors (Lipinski definition) is 7. The third-order valence-electron chi connectivity index (χ3n) is 3.19. The Balaban J connectivity index is 1.60. The van der Waals surface area contributed by atoms with Gasteiger partial charge in [0, 0.05) is 0 Å². The summed E-state index contributed by atoms with van der Waals surface area (Å²) in [5, 5.41) is 8.76. The lowest BCUT2D eigenvalue weighted by atomic mass is 10.2. The Morgan fingerprint density at radius 3 is 2.83 bits per heavy atom. The average Bonchev–Trinajstić information content (AvgIpc) is 3.09. The Labute approximate surface area is 136 Å². The van der Waals surface area contributed by atoms with Gasteiger partial charge in [-0.3, -0.25) is 15.6 Å². The standard InChI is InChI=1S/C15H13N7O2/c1-9(24-11-4-2-10(6-16)3-5-11)15(23)22-21-14-12-13(18-7-17-12)19-8-20-14/h2-5,7-9H,1H3,(H,22,23)(H2,17,18,19,20,21). The molecule has 1 atom stereocenters. The SMILES string of the molecule is CC(Oc1ccc(C#N)cc1)C(=O)NNc1ncnc2nc[nH]c12. The first kappa shape index (κ1) is 15.2. The summed E-state index contributed by atoms with van der Waals surface area (Å²) in [6.45, 7) is 1.61. The van der Waals surface area contributed by atoms with E-state index in [0.717, 1.165) is 0 Å². The molecule has 0 aliphatic rings. The molecule has 0 saturated heterocycles. The van der Waals surface area contributed by atoms with Crippen LogP contribution in [0.25, 0.3) is 11.2 Å². The lowest BCUT2D eigenvalue weighted by Gasteiger charge is -2.15. The molecule has 0 aliphatic carbocycles. The van der Waals surface area contributed by atoms with E-state index in [1.165, 1.54) is 12.7 Å². The minimum atomic E-state index is -0.746. The minimum absolute atomic E-state index is 0.384. The molecule has 0 fully saturated rings. The number of anilines is 1. The number of H-pyrrole nitrogens is 1. The van der Waals surface area contributed by atoms with E-state index in [0.29, 0.717) is 28.3 Å². The van der Waals surface area contributed by atoms with Crippen molar-refractivity contribution in [2.45, 2.75) is 13.0 Å². The van der Waals surface area contributed by atoms with E-state index in [2.05, 4.69) is 30.8 Å². The molecule has 3 N–H and O–H groups in total. The Morgan fingerprint density at radius 2 is 2.08 bits per heavy atom. The molecule has 0 spiro atoms. The Bertz CT molecular complexity index is 898. The summed E-state index contributed by atoms with van der Waals surface area (Å²) < 4.78 is 5.52. The first-order valence-corrected chi connectivity index (χ1v) is 7.04. The van der Waals surface area contributed by atoms with Gasteiger partial charge >= 0.3 is 0 Å². The summed E-state index contributed by atoms with van der Waals surface area (Å²) in [5.41, 5.74) is 6.83. The number of fused-ring (bicyclic) bond motifs is 1. The van der Waals surface area contributed by atoms with Gasteiger partial charge in [0.05, 0.1) is 18.0 Å². The predicted molar refractivity (Wildman–Crippen MR) is 84.7 cm³/mol. The lowest BCUT2D eigenvalue weighted by Crippen LogP contribution is -2.39. The summed E-state index contributed by atoms with van der Waals surface area (Å²) in [6.07, 6.45) is 2.08. The van der Waals surface area contributed by atoms with Crippen LogP contribution in [0.1, 0.15) is 12.5 Å². The normalized spacial score (nSPS) is 11.5. The van der Waals surface area contributed by atoms with Crippen LogP contribution in [0.3, 0.4) is 0 Å². The number of carbonyl (C=O) groups excluding carboxylic acids is 1. The van der Waals surface area contributed by atoms with E-state index in [9.17, 15) is 4.79 Å². The fraction of sp³-hybridized carbons (Fsp3) is 0.133. The molecule has 2 aromatic heterocycles. The molecule has 120 valence electrons. The number of hydrogen-bond donors (Lipinski definition) is 3. The van der Waals surface area contributed by atoms with Crippen LogP contribution in [0.4, 0.5) is 5.82 Å². The number of aromatic nitrogens is 4. The van der Waals surface area contributed by atoms with E-state index in [1.54, 1.807) is 31.2 Å². The highest BCUT2D eigenvalue weighted by molar-refractivity contribution is 5.85. The van der Waals surface area contributed by atoms with Crippen molar-refractivity contribution in [3.05, 3.63) is 42.5 Å². The van der Waals surface area contributed by atoms with Crippen molar-refractivity contribution in [2.75, 3.05) is 5.43 Å². The van der Waals surface area contributed by atoms with Crippen molar-refractivity contribution in [2.24, 2.45) is 0 Å². The van der Waals surface area contributed by atoms with Gasteiger partial charge in [0.1, 0.15) is 17.6 Å². The summed E-state index contributed by atoms with van der Waals surface area (Å²) in [6, 6.07) is 8.52. The molecule has 0 saturated carbocycles. The first-order chi connectivity index (χ1) is 11.7. The summed E-state index contributed by atoms with van der Waals surface area (Å²) in [7, 11) is 0. The molecule has 3 rings (SSSR count). The van der Waals surface area contributed by atoms with Crippen LogP contribution in [0.5, 0.6) is 5.75 Å². The van der Waals surface area contributed by atoms with E-state index < -0.39 is 6.10 Å². The third kappa shape index (κ3) is 3.22. The predicted octanol–water partition coefficient (Wildman–Crippen LogP) is 1.14. The van der Waals surface area contributed by atoms with E-state index in [4.69, 9.17) is 10.00 Å². The first-order valence-electron chi connectivity index (χ1n) is 7.04. The highest BCUT2D eigenvalue weighted by atomic mass is 16.5. The number of nitrogens with zero attached hydrogens (tertiary/aromatic N) is 4. The van der Waals surface area contributed by atoms with Crippen LogP contribution in [0.2, 0.25) is 0 Å². The molecule has 2 heterocycles. The van der Waals surface area contributed by atoms with Gasteiger partial charge in [0.15, 0.2) is 17.6 Å². The number of ether oxygens (including phenoxy) is 1. The average molecular weight is 323 g/mol. The Kier molecular flexibility index (Phi) is 4.20. The van der Waals surface area contributed by atoms with Crippen molar-refractivity contribution >= 4 is 22.9 Å². The van der Waals surface area contributed by atoms with Gasteiger partial charge in [0.25, 0.3) is 5.91 Å². The maximum Gasteiger partial charge on any atom is 0.279 e. The van der Waals surface area contributed by atoms with E-state index in [1.807, 2.05) is 6.07 Å². The fourth-order valence-electron chi connectivity index (χ4n) is 1.95. The number of amides is 1. The monoisotopic (exact) mass is 323 g/mol.